The third-order valence-electron chi connectivity index (χ3n) is 4.00. The molecule has 0 spiro atoms. The molecule has 1 N–H and O–H groups in total. The molecule has 7 heteroatoms. The van der Waals surface area contributed by atoms with Crippen molar-refractivity contribution in [3.05, 3.63) is 35.1 Å². The minimum atomic E-state index is 0.0672. The summed E-state index contributed by atoms with van der Waals surface area (Å²) in [5, 5.41) is 15.2. The van der Waals surface area contributed by atoms with Crippen LogP contribution < -0.4 is 5.32 Å². The fourth-order valence-electron chi connectivity index (χ4n) is 2.83. The highest BCUT2D eigenvalue weighted by molar-refractivity contribution is 6.30. The van der Waals surface area contributed by atoms with Crippen LogP contribution >= 0.6 is 11.6 Å². The number of carbonyl (C=O) groups is 1. The largest absolute Gasteiger partial charge is 0.349 e. The predicted molar refractivity (Wildman–Crippen MR) is 82.6 cm³/mol. The molecule has 6 nitrogen and oxygen atoms in total. The lowest BCUT2D eigenvalue weighted by molar-refractivity contribution is -0.122. The number of hydrogen-bond acceptors (Lipinski definition) is 4. The molecule has 2 aromatic rings. The Hall–Kier alpha value is -1.95. The molecular weight excluding hydrogens is 302 g/mol. The highest BCUT2D eigenvalue weighted by Crippen LogP contribution is 2.27. The van der Waals surface area contributed by atoms with Crippen molar-refractivity contribution in [1.29, 1.82) is 0 Å². The lowest BCUT2D eigenvalue weighted by atomic mass is 10.0. The van der Waals surface area contributed by atoms with Crippen molar-refractivity contribution in [2.75, 3.05) is 0 Å². The third kappa shape index (κ3) is 3.62. The third-order valence-corrected chi connectivity index (χ3v) is 4.25. The van der Waals surface area contributed by atoms with E-state index in [1.807, 2.05) is 12.1 Å². The Morgan fingerprint density at radius 2 is 2.00 bits per heavy atom. The van der Waals surface area contributed by atoms with Gasteiger partial charge in [0.25, 0.3) is 0 Å². The number of nitrogens with zero attached hydrogens (tertiary/aromatic N) is 4. The molecule has 1 aliphatic rings. The molecule has 0 unspecified atom stereocenters. The van der Waals surface area contributed by atoms with Gasteiger partial charge in [0.2, 0.25) is 5.91 Å². The fraction of sp³-hybridized carbons (Fsp3) is 0.467. The minimum Gasteiger partial charge on any atom is -0.349 e. The molecule has 0 radical (unpaired) electrons. The van der Waals surface area contributed by atoms with Crippen molar-refractivity contribution in [3.63, 3.8) is 0 Å². The maximum absolute atomic E-state index is 12.0. The van der Waals surface area contributed by atoms with Crippen molar-refractivity contribution in [2.24, 2.45) is 5.92 Å². The Kier molecular flexibility index (Phi) is 4.68. The van der Waals surface area contributed by atoms with Crippen LogP contribution in [0.2, 0.25) is 5.02 Å². The van der Waals surface area contributed by atoms with Gasteiger partial charge in [-0.15, -0.1) is 5.10 Å². The monoisotopic (exact) mass is 319 g/mol. The molecule has 1 aliphatic carbocycles. The van der Waals surface area contributed by atoms with E-state index in [2.05, 4.69) is 20.8 Å². The van der Waals surface area contributed by atoms with E-state index in [-0.39, 0.29) is 5.91 Å². The molecule has 1 aromatic carbocycles. The van der Waals surface area contributed by atoms with Crippen LogP contribution in [0.3, 0.4) is 0 Å². The average molecular weight is 320 g/mol. The van der Waals surface area contributed by atoms with Gasteiger partial charge in [-0.1, -0.05) is 24.4 Å². The van der Waals surface area contributed by atoms with Crippen molar-refractivity contribution in [3.8, 4) is 5.69 Å². The number of halogens is 1. The zero-order chi connectivity index (χ0) is 15.4. The Bertz CT molecular complexity index is 634. The predicted octanol–water partition coefficient (Wildman–Crippen LogP) is 2.51. The van der Waals surface area contributed by atoms with Crippen molar-refractivity contribution in [1.82, 2.24) is 25.5 Å². The Morgan fingerprint density at radius 1 is 1.27 bits per heavy atom. The first-order valence-corrected chi connectivity index (χ1v) is 7.90. The normalized spacial score (nSPS) is 15.1. The molecule has 0 bridgehead atoms. The summed E-state index contributed by atoms with van der Waals surface area (Å²) in [6.07, 6.45) is 5.41. The second-order valence-corrected chi connectivity index (χ2v) is 6.05. The SMILES string of the molecule is O=C(CC1CCCC1)NCc1nnnn1-c1ccc(Cl)cc1. The van der Waals surface area contributed by atoms with E-state index in [0.29, 0.717) is 29.7 Å². The summed E-state index contributed by atoms with van der Waals surface area (Å²) in [5.74, 6) is 1.20. The molecule has 3 rings (SSSR count). The highest BCUT2D eigenvalue weighted by Gasteiger charge is 2.18. The highest BCUT2D eigenvalue weighted by atomic mass is 35.5. The van der Waals surface area contributed by atoms with Crippen molar-refractivity contribution in [2.45, 2.75) is 38.6 Å². The summed E-state index contributed by atoms with van der Waals surface area (Å²) in [6, 6.07) is 7.23. The summed E-state index contributed by atoms with van der Waals surface area (Å²) < 4.78 is 1.60. The number of aromatic nitrogens is 4. The fourth-order valence-corrected chi connectivity index (χ4v) is 2.95. The van der Waals surface area contributed by atoms with E-state index in [0.717, 1.165) is 18.5 Å². The van der Waals surface area contributed by atoms with E-state index < -0.39 is 0 Å². The Balaban J connectivity index is 1.60. The van der Waals surface area contributed by atoms with Gasteiger partial charge in [0, 0.05) is 11.4 Å². The number of nitrogens with one attached hydrogen (secondary N) is 1. The summed E-state index contributed by atoms with van der Waals surface area (Å²) in [4.78, 5) is 12.0. The molecule has 1 fully saturated rings. The van der Waals surface area contributed by atoms with Gasteiger partial charge < -0.3 is 5.32 Å². The number of carbonyl (C=O) groups excluding carboxylic acids is 1. The van der Waals surface area contributed by atoms with E-state index in [4.69, 9.17) is 11.6 Å². The maximum atomic E-state index is 12.0. The van der Waals surface area contributed by atoms with Crippen LogP contribution in [0.1, 0.15) is 37.9 Å². The van der Waals surface area contributed by atoms with E-state index in [1.165, 1.54) is 12.8 Å². The van der Waals surface area contributed by atoms with Crippen molar-refractivity contribution < 1.29 is 4.79 Å². The molecule has 0 aliphatic heterocycles. The van der Waals surface area contributed by atoms with Crippen LogP contribution in [-0.2, 0) is 11.3 Å². The first kappa shape index (κ1) is 15.0. The molecule has 1 saturated carbocycles. The molecule has 0 saturated heterocycles. The second kappa shape index (κ2) is 6.87. The molecule has 1 aromatic heterocycles. The van der Waals surface area contributed by atoms with Crippen LogP contribution in [0.4, 0.5) is 0 Å². The Labute approximate surface area is 133 Å². The van der Waals surface area contributed by atoms with Crippen LogP contribution in [0.25, 0.3) is 5.69 Å². The molecule has 0 atom stereocenters. The van der Waals surface area contributed by atoms with Crippen molar-refractivity contribution >= 4 is 17.5 Å². The minimum absolute atomic E-state index is 0.0672. The molecule has 1 heterocycles. The maximum Gasteiger partial charge on any atom is 0.220 e. The van der Waals surface area contributed by atoms with Crippen LogP contribution in [0, 0.1) is 5.92 Å². The number of rotatable bonds is 5. The zero-order valence-electron chi connectivity index (χ0n) is 12.2. The summed E-state index contributed by atoms with van der Waals surface area (Å²) in [7, 11) is 0. The van der Waals surface area contributed by atoms with Crippen LogP contribution in [0.5, 0.6) is 0 Å². The van der Waals surface area contributed by atoms with Gasteiger partial charge in [0.05, 0.1) is 12.2 Å². The summed E-state index contributed by atoms with van der Waals surface area (Å²) >= 11 is 5.88. The lowest BCUT2D eigenvalue weighted by Crippen LogP contribution is -2.26. The molecule has 1 amide bonds. The van der Waals surface area contributed by atoms with Gasteiger partial charge in [0.1, 0.15) is 0 Å². The number of tetrazole rings is 1. The number of amides is 1. The molecular formula is C15H18ClN5O. The second-order valence-electron chi connectivity index (χ2n) is 5.61. The van der Waals surface area contributed by atoms with Crippen LogP contribution in [0.15, 0.2) is 24.3 Å². The van der Waals surface area contributed by atoms with E-state index >= 15 is 0 Å². The van der Waals surface area contributed by atoms with Gasteiger partial charge in [-0.25, -0.2) is 0 Å². The lowest BCUT2D eigenvalue weighted by Gasteiger charge is -2.09. The summed E-state index contributed by atoms with van der Waals surface area (Å²) in [6.45, 7) is 0.321. The van der Waals surface area contributed by atoms with Gasteiger partial charge in [-0.2, -0.15) is 4.68 Å². The quantitative estimate of drug-likeness (QED) is 0.919. The smallest absolute Gasteiger partial charge is 0.220 e. The topological polar surface area (TPSA) is 72.7 Å². The first-order chi connectivity index (χ1) is 10.7. The molecule has 116 valence electrons. The first-order valence-electron chi connectivity index (χ1n) is 7.52. The number of benzene rings is 1. The molecule has 22 heavy (non-hydrogen) atoms. The Morgan fingerprint density at radius 3 is 2.73 bits per heavy atom. The van der Waals surface area contributed by atoms with Gasteiger partial charge in [-0.05, 0) is 53.5 Å². The van der Waals surface area contributed by atoms with Gasteiger partial charge in [-0.3, -0.25) is 4.79 Å². The summed E-state index contributed by atoms with van der Waals surface area (Å²) in [5.41, 5.74) is 0.814. The van der Waals surface area contributed by atoms with E-state index in [9.17, 15) is 4.79 Å². The standard InChI is InChI=1S/C15H18ClN5O/c16-12-5-7-13(8-6-12)21-14(18-19-20-21)10-17-15(22)9-11-3-1-2-4-11/h5-8,11H,1-4,9-10H2,(H,17,22). The van der Waals surface area contributed by atoms with Crippen LogP contribution in [-0.4, -0.2) is 26.1 Å². The zero-order valence-corrected chi connectivity index (χ0v) is 13.0. The van der Waals surface area contributed by atoms with Gasteiger partial charge in [0.15, 0.2) is 5.82 Å². The number of hydrogen-bond donors (Lipinski definition) is 1. The van der Waals surface area contributed by atoms with E-state index in [1.54, 1.807) is 16.8 Å². The average Bonchev–Trinajstić information content (AvgIpc) is 3.17. The van der Waals surface area contributed by atoms with Gasteiger partial charge >= 0.3 is 0 Å².